The summed E-state index contributed by atoms with van der Waals surface area (Å²) in [4.78, 5) is 25.3. The topological polar surface area (TPSA) is 66.8 Å². The highest BCUT2D eigenvalue weighted by Gasteiger charge is 2.39. The van der Waals surface area contributed by atoms with Crippen LogP contribution >= 0.6 is 24.0 Å². The van der Waals surface area contributed by atoms with E-state index in [4.69, 9.17) is 17.0 Å². The molecule has 0 spiro atoms. The van der Waals surface area contributed by atoms with E-state index >= 15 is 0 Å². The minimum Gasteiger partial charge on any atom is -0.496 e. The molecule has 0 aromatic heterocycles. The summed E-state index contributed by atoms with van der Waals surface area (Å²) >= 11 is 6.27. The summed E-state index contributed by atoms with van der Waals surface area (Å²) in [6.07, 6.45) is 1.97. The number of amides is 1. The van der Waals surface area contributed by atoms with Crippen LogP contribution in [0.25, 0.3) is 6.08 Å². The first kappa shape index (κ1) is 16.5. The number of carbonyl (C=O) groups is 2. The zero-order valence-electron chi connectivity index (χ0n) is 12.1. The molecule has 0 bridgehead atoms. The lowest BCUT2D eigenvalue weighted by atomic mass is 10.1. The number of hydrogen-bond donors (Lipinski definition) is 1. The van der Waals surface area contributed by atoms with Crippen LogP contribution in [0.2, 0.25) is 0 Å². The molecule has 1 heterocycles. The molecule has 5 nitrogen and oxygen atoms in total. The van der Waals surface area contributed by atoms with Gasteiger partial charge >= 0.3 is 5.97 Å². The van der Waals surface area contributed by atoms with Crippen LogP contribution in [0.1, 0.15) is 18.9 Å². The van der Waals surface area contributed by atoms with Crippen LogP contribution in [0.3, 0.4) is 0 Å². The van der Waals surface area contributed by atoms with Crippen LogP contribution in [-0.2, 0) is 9.59 Å². The number of rotatable bonds is 5. The minimum absolute atomic E-state index is 0.264. The van der Waals surface area contributed by atoms with Crippen molar-refractivity contribution in [1.29, 1.82) is 0 Å². The van der Waals surface area contributed by atoms with Crippen molar-refractivity contribution in [3.63, 3.8) is 0 Å². The molecule has 1 aromatic rings. The summed E-state index contributed by atoms with van der Waals surface area (Å²) in [5, 5.41) is 9.23. The summed E-state index contributed by atoms with van der Waals surface area (Å²) in [6.45, 7) is 1.71. The molecule has 0 unspecified atom stereocenters. The van der Waals surface area contributed by atoms with E-state index in [1.54, 1.807) is 26.2 Å². The summed E-state index contributed by atoms with van der Waals surface area (Å²) in [7, 11) is 1.55. The number of thiocarbonyl (C=S) groups is 1. The highest BCUT2D eigenvalue weighted by atomic mass is 32.2. The second kappa shape index (κ2) is 6.93. The first-order valence-corrected chi connectivity index (χ1v) is 7.85. The molecule has 0 aliphatic carbocycles. The molecular formula is C15H15NO4S2. The third-order valence-corrected chi connectivity index (χ3v) is 4.56. The number of nitrogens with zero attached hydrogens (tertiary/aromatic N) is 1. The van der Waals surface area contributed by atoms with Crippen LogP contribution in [0.4, 0.5) is 0 Å². The first-order valence-electron chi connectivity index (χ1n) is 6.62. The number of carbonyl (C=O) groups excluding carboxylic acids is 1. The molecule has 1 saturated heterocycles. The normalized spacial score (nSPS) is 17.9. The number of hydrogen-bond acceptors (Lipinski definition) is 5. The monoisotopic (exact) mass is 337 g/mol. The lowest BCUT2D eigenvalue weighted by Crippen LogP contribution is -2.43. The van der Waals surface area contributed by atoms with Gasteiger partial charge in [-0.2, -0.15) is 0 Å². The van der Waals surface area contributed by atoms with E-state index in [1.165, 1.54) is 4.90 Å². The van der Waals surface area contributed by atoms with Crippen molar-refractivity contribution in [3.8, 4) is 5.75 Å². The third kappa shape index (κ3) is 3.15. The van der Waals surface area contributed by atoms with Crippen molar-refractivity contribution in [2.75, 3.05) is 7.11 Å². The van der Waals surface area contributed by atoms with Crippen molar-refractivity contribution in [2.24, 2.45) is 0 Å². The van der Waals surface area contributed by atoms with Gasteiger partial charge in [-0.25, -0.2) is 4.79 Å². The Kier molecular flexibility index (Phi) is 5.20. The van der Waals surface area contributed by atoms with Crippen molar-refractivity contribution < 1.29 is 19.4 Å². The molecule has 22 heavy (non-hydrogen) atoms. The summed E-state index contributed by atoms with van der Waals surface area (Å²) in [5.74, 6) is -0.800. The lowest BCUT2D eigenvalue weighted by Gasteiger charge is -2.21. The highest BCUT2D eigenvalue weighted by Crippen LogP contribution is 2.35. The van der Waals surface area contributed by atoms with Gasteiger partial charge in [-0.1, -0.05) is 49.1 Å². The Morgan fingerprint density at radius 2 is 2.18 bits per heavy atom. The van der Waals surface area contributed by atoms with E-state index in [0.717, 1.165) is 17.3 Å². The van der Waals surface area contributed by atoms with Crippen LogP contribution in [0.5, 0.6) is 5.75 Å². The van der Waals surface area contributed by atoms with E-state index < -0.39 is 12.0 Å². The maximum Gasteiger partial charge on any atom is 0.326 e. The van der Waals surface area contributed by atoms with Gasteiger partial charge in [0.2, 0.25) is 0 Å². The van der Waals surface area contributed by atoms with Gasteiger partial charge in [0.05, 0.1) is 12.0 Å². The first-order chi connectivity index (χ1) is 10.5. The predicted molar refractivity (Wildman–Crippen MR) is 89.7 cm³/mol. The van der Waals surface area contributed by atoms with Crippen molar-refractivity contribution in [1.82, 2.24) is 4.90 Å². The van der Waals surface area contributed by atoms with Gasteiger partial charge in [0.1, 0.15) is 16.1 Å². The van der Waals surface area contributed by atoms with Gasteiger partial charge < -0.3 is 9.84 Å². The van der Waals surface area contributed by atoms with Crippen LogP contribution < -0.4 is 4.74 Å². The number of carboxylic acid groups (broad SMARTS) is 1. The van der Waals surface area contributed by atoms with Crippen molar-refractivity contribution in [3.05, 3.63) is 34.7 Å². The summed E-state index contributed by atoms with van der Waals surface area (Å²) in [5.41, 5.74) is 0.744. The largest absolute Gasteiger partial charge is 0.496 e. The highest BCUT2D eigenvalue weighted by molar-refractivity contribution is 8.26. The van der Waals surface area contributed by atoms with E-state index in [2.05, 4.69) is 0 Å². The maximum atomic E-state index is 12.5. The Labute approximate surface area is 137 Å². The van der Waals surface area contributed by atoms with Crippen LogP contribution in [0.15, 0.2) is 29.2 Å². The fourth-order valence-electron chi connectivity index (χ4n) is 2.14. The number of carboxylic acids is 1. The Balaban J connectivity index is 2.35. The van der Waals surface area contributed by atoms with E-state index in [1.807, 2.05) is 18.2 Å². The fourth-order valence-corrected chi connectivity index (χ4v) is 3.49. The number of benzene rings is 1. The molecule has 1 atom stereocenters. The molecule has 1 aliphatic rings. The zero-order valence-corrected chi connectivity index (χ0v) is 13.7. The minimum atomic E-state index is -1.06. The third-order valence-electron chi connectivity index (χ3n) is 3.23. The standard InChI is InChI=1S/C15H15NO4S2/c1-3-10(14(18)19)16-13(17)12(22-15(16)21)8-9-6-4-5-7-11(9)20-2/h4-8,10H,3H2,1-2H3,(H,18,19)/b12-8-/t10-/m1/s1. The molecule has 116 valence electrons. The molecule has 1 aliphatic heterocycles. The summed E-state index contributed by atoms with van der Waals surface area (Å²) < 4.78 is 5.51. The van der Waals surface area contributed by atoms with Gasteiger partial charge in [-0.3, -0.25) is 9.69 Å². The number of ether oxygens (including phenoxy) is 1. The average Bonchev–Trinajstić information content (AvgIpc) is 2.76. The van der Waals surface area contributed by atoms with Gasteiger partial charge in [0, 0.05) is 5.56 Å². The van der Waals surface area contributed by atoms with E-state index in [9.17, 15) is 14.7 Å². The van der Waals surface area contributed by atoms with Crippen LogP contribution in [-0.4, -0.2) is 39.4 Å². The molecule has 2 rings (SSSR count). The number of thioether (sulfide) groups is 1. The van der Waals surface area contributed by atoms with E-state index in [0.29, 0.717) is 17.1 Å². The quantitative estimate of drug-likeness (QED) is 0.658. The number of aliphatic carboxylic acids is 1. The Hall–Kier alpha value is -1.86. The Bertz CT molecular complexity index is 657. The molecular weight excluding hydrogens is 322 g/mol. The smallest absolute Gasteiger partial charge is 0.326 e. The maximum absolute atomic E-state index is 12.5. The SMILES string of the molecule is CC[C@H](C(=O)O)N1C(=O)/C(=C/c2ccccc2OC)SC1=S. The van der Waals surface area contributed by atoms with Gasteiger partial charge in [-0.15, -0.1) is 0 Å². The van der Waals surface area contributed by atoms with Gasteiger partial charge in [0.15, 0.2) is 0 Å². The average molecular weight is 337 g/mol. The summed E-state index contributed by atoms with van der Waals surface area (Å²) in [6, 6.07) is 6.34. The Morgan fingerprint density at radius 3 is 2.77 bits per heavy atom. The van der Waals surface area contributed by atoms with Crippen molar-refractivity contribution in [2.45, 2.75) is 19.4 Å². The second-order valence-electron chi connectivity index (χ2n) is 4.56. The zero-order chi connectivity index (χ0) is 16.3. The lowest BCUT2D eigenvalue weighted by molar-refractivity contribution is -0.145. The van der Waals surface area contributed by atoms with Gasteiger partial charge in [0.25, 0.3) is 5.91 Å². The molecule has 0 saturated carbocycles. The van der Waals surface area contributed by atoms with Crippen LogP contribution in [0, 0.1) is 0 Å². The molecule has 1 amide bonds. The fraction of sp³-hybridized carbons (Fsp3) is 0.267. The molecule has 1 fully saturated rings. The predicted octanol–water partition coefficient (Wildman–Crippen LogP) is 2.76. The van der Waals surface area contributed by atoms with Gasteiger partial charge in [-0.05, 0) is 18.6 Å². The number of methoxy groups -OCH3 is 1. The molecule has 0 radical (unpaired) electrons. The van der Waals surface area contributed by atoms with Crippen molar-refractivity contribution >= 4 is 46.3 Å². The molecule has 7 heteroatoms. The molecule has 1 aromatic carbocycles. The second-order valence-corrected chi connectivity index (χ2v) is 6.23. The molecule has 1 N–H and O–H groups in total. The van der Waals surface area contributed by atoms with E-state index in [-0.39, 0.29) is 10.2 Å². The Morgan fingerprint density at radius 1 is 1.50 bits per heavy atom. The number of para-hydroxylation sites is 1.